The van der Waals surface area contributed by atoms with Crippen LogP contribution < -0.4 is 5.32 Å². The number of fused-ring (bicyclic) bond motifs is 1. The zero-order valence-corrected chi connectivity index (χ0v) is 12.7. The molecule has 21 heavy (non-hydrogen) atoms. The molecular formula is C19H22FN. The van der Waals surface area contributed by atoms with E-state index in [0.29, 0.717) is 12.6 Å². The van der Waals surface area contributed by atoms with Crippen molar-refractivity contribution in [1.29, 1.82) is 0 Å². The van der Waals surface area contributed by atoms with E-state index in [1.165, 1.54) is 36.0 Å². The van der Waals surface area contributed by atoms with Gasteiger partial charge < -0.3 is 5.32 Å². The monoisotopic (exact) mass is 283 g/mol. The van der Waals surface area contributed by atoms with E-state index >= 15 is 0 Å². The van der Waals surface area contributed by atoms with Gasteiger partial charge in [0.15, 0.2) is 0 Å². The summed E-state index contributed by atoms with van der Waals surface area (Å²) in [6, 6.07) is 12.2. The standard InChI is InChI=1S/C19H22FN/c1-13(2)21-12-17-11-18(20)8-9-19(17)16-7-6-14-4-3-5-15(14)10-16/h6-11,13,21H,3-5,12H2,1-2H3. The highest BCUT2D eigenvalue weighted by atomic mass is 19.1. The number of nitrogens with one attached hydrogen (secondary N) is 1. The maximum atomic E-state index is 13.6. The van der Waals surface area contributed by atoms with Crippen LogP contribution in [0.5, 0.6) is 0 Å². The van der Waals surface area contributed by atoms with Crippen LogP contribution in [0.3, 0.4) is 0 Å². The first-order valence-electron chi connectivity index (χ1n) is 7.77. The third-order valence-electron chi connectivity index (χ3n) is 4.18. The van der Waals surface area contributed by atoms with Crippen LogP contribution in [0.25, 0.3) is 11.1 Å². The molecule has 110 valence electrons. The van der Waals surface area contributed by atoms with Crippen molar-refractivity contribution in [2.24, 2.45) is 0 Å². The molecular weight excluding hydrogens is 261 g/mol. The summed E-state index contributed by atoms with van der Waals surface area (Å²) in [4.78, 5) is 0. The Labute approximate surface area is 126 Å². The van der Waals surface area contributed by atoms with Gasteiger partial charge in [-0.15, -0.1) is 0 Å². The number of aryl methyl sites for hydroxylation is 2. The Morgan fingerprint density at radius 3 is 2.67 bits per heavy atom. The van der Waals surface area contributed by atoms with Crippen LogP contribution in [0, 0.1) is 5.82 Å². The van der Waals surface area contributed by atoms with Crippen LogP contribution in [0.15, 0.2) is 36.4 Å². The summed E-state index contributed by atoms with van der Waals surface area (Å²) in [5.41, 5.74) is 6.31. The Balaban J connectivity index is 1.97. The molecule has 0 radical (unpaired) electrons. The van der Waals surface area contributed by atoms with Gasteiger partial charge in [0.2, 0.25) is 0 Å². The number of hydrogen-bond donors (Lipinski definition) is 1. The summed E-state index contributed by atoms with van der Waals surface area (Å²) in [6.45, 7) is 4.91. The van der Waals surface area contributed by atoms with Gasteiger partial charge in [0.05, 0.1) is 0 Å². The topological polar surface area (TPSA) is 12.0 Å². The number of halogens is 1. The van der Waals surface area contributed by atoms with E-state index in [1.54, 1.807) is 12.1 Å². The van der Waals surface area contributed by atoms with Crippen molar-refractivity contribution in [3.05, 3.63) is 58.9 Å². The number of hydrogen-bond acceptors (Lipinski definition) is 1. The summed E-state index contributed by atoms with van der Waals surface area (Å²) in [5, 5.41) is 3.38. The molecule has 0 saturated heterocycles. The summed E-state index contributed by atoms with van der Waals surface area (Å²) in [5.74, 6) is -0.166. The van der Waals surface area contributed by atoms with Crippen molar-refractivity contribution >= 4 is 0 Å². The minimum absolute atomic E-state index is 0.166. The molecule has 0 aliphatic heterocycles. The maximum absolute atomic E-state index is 13.6. The van der Waals surface area contributed by atoms with E-state index in [4.69, 9.17) is 0 Å². The van der Waals surface area contributed by atoms with Crippen LogP contribution in [-0.4, -0.2) is 6.04 Å². The molecule has 1 aliphatic carbocycles. The summed E-state index contributed by atoms with van der Waals surface area (Å²) in [7, 11) is 0. The van der Waals surface area contributed by atoms with E-state index in [2.05, 4.69) is 37.4 Å². The largest absolute Gasteiger partial charge is 0.310 e. The van der Waals surface area contributed by atoms with Crippen LogP contribution in [0.4, 0.5) is 4.39 Å². The van der Waals surface area contributed by atoms with Crippen molar-refractivity contribution in [3.63, 3.8) is 0 Å². The molecule has 3 rings (SSSR count). The Bertz CT molecular complexity index is 646. The van der Waals surface area contributed by atoms with E-state index in [9.17, 15) is 4.39 Å². The Morgan fingerprint density at radius 1 is 1.05 bits per heavy atom. The highest BCUT2D eigenvalue weighted by molar-refractivity contribution is 5.69. The van der Waals surface area contributed by atoms with E-state index in [0.717, 1.165) is 11.1 Å². The zero-order valence-electron chi connectivity index (χ0n) is 12.7. The van der Waals surface area contributed by atoms with Gasteiger partial charge in [-0.25, -0.2) is 4.39 Å². The molecule has 0 amide bonds. The highest BCUT2D eigenvalue weighted by Crippen LogP contribution is 2.30. The zero-order chi connectivity index (χ0) is 14.8. The number of rotatable bonds is 4. The predicted molar refractivity (Wildman–Crippen MR) is 85.8 cm³/mol. The van der Waals surface area contributed by atoms with Crippen molar-refractivity contribution < 1.29 is 4.39 Å². The van der Waals surface area contributed by atoms with Crippen molar-refractivity contribution in [2.75, 3.05) is 0 Å². The molecule has 0 aromatic heterocycles. The minimum atomic E-state index is -0.166. The molecule has 0 unspecified atom stereocenters. The second kappa shape index (κ2) is 5.98. The summed E-state index contributed by atoms with van der Waals surface area (Å²) < 4.78 is 13.6. The smallest absolute Gasteiger partial charge is 0.123 e. The molecule has 1 aliphatic rings. The quantitative estimate of drug-likeness (QED) is 0.872. The molecule has 2 heteroatoms. The molecule has 1 nitrogen and oxygen atoms in total. The lowest BCUT2D eigenvalue weighted by Gasteiger charge is -2.14. The van der Waals surface area contributed by atoms with Gasteiger partial charge >= 0.3 is 0 Å². The van der Waals surface area contributed by atoms with E-state index in [-0.39, 0.29) is 5.82 Å². The molecule has 2 aromatic carbocycles. The van der Waals surface area contributed by atoms with Gasteiger partial charge in [-0.05, 0) is 59.2 Å². The van der Waals surface area contributed by atoms with Crippen LogP contribution in [0.2, 0.25) is 0 Å². The first-order chi connectivity index (χ1) is 10.1. The molecule has 0 heterocycles. The fraction of sp³-hybridized carbons (Fsp3) is 0.368. The summed E-state index contributed by atoms with van der Waals surface area (Å²) >= 11 is 0. The van der Waals surface area contributed by atoms with Crippen LogP contribution in [0.1, 0.15) is 37.0 Å². The van der Waals surface area contributed by atoms with E-state index < -0.39 is 0 Å². The van der Waals surface area contributed by atoms with Gasteiger partial charge in [0, 0.05) is 12.6 Å². The minimum Gasteiger partial charge on any atom is -0.310 e. The van der Waals surface area contributed by atoms with Crippen LogP contribution in [-0.2, 0) is 19.4 Å². The third-order valence-corrected chi connectivity index (χ3v) is 4.18. The molecule has 1 N–H and O–H groups in total. The second-order valence-electron chi connectivity index (χ2n) is 6.17. The maximum Gasteiger partial charge on any atom is 0.123 e. The molecule has 0 bridgehead atoms. The lowest BCUT2D eigenvalue weighted by atomic mass is 9.96. The van der Waals surface area contributed by atoms with E-state index in [1.807, 2.05) is 6.07 Å². The second-order valence-corrected chi connectivity index (χ2v) is 6.17. The number of benzene rings is 2. The Hall–Kier alpha value is -1.67. The molecule has 0 spiro atoms. The summed E-state index contributed by atoms with van der Waals surface area (Å²) in [6.07, 6.45) is 3.62. The lowest BCUT2D eigenvalue weighted by Crippen LogP contribution is -2.22. The van der Waals surface area contributed by atoms with Crippen LogP contribution >= 0.6 is 0 Å². The fourth-order valence-electron chi connectivity index (χ4n) is 3.04. The molecule has 0 atom stereocenters. The average molecular weight is 283 g/mol. The van der Waals surface area contributed by atoms with Gasteiger partial charge in [-0.2, -0.15) is 0 Å². The van der Waals surface area contributed by atoms with Crippen molar-refractivity contribution in [3.8, 4) is 11.1 Å². The average Bonchev–Trinajstić information content (AvgIpc) is 2.92. The SMILES string of the molecule is CC(C)NCc1cc(F)ccc1-c1ccc2c(c1)CCC2. The lowest BCUT2D eigenvalue weighted by molar-refractivity contribution is 0.582. The predicted octanol–water partition coefficient (Wildman–Crippen LogP) is 4.48. The molecule has 2 aromatic rings. The van der Waals surface area contributed by atoms with Gasteiger partial charge in [0.25, 0.3) is 0 Å². The first-order valence-corrected chi connectivity index (χ1v) is 7.77. The molecule has 0 fully saturated rings. The Kier molecular flexibility index (Phi) is 4.07. The van der Waals surface area contributed by atoms with Crippen molar-refractivity contribution in [1.82, 2.24) is 5.32 Å². The molecule has 0 saturated carbocycles. The normalized spacial score (nSPS) is 13.7. The third kappa shape index (κ3) is 3.16. The Morgan fingerprint density at radius 2 is 1.86 bits per heavy atom. The van der Waals surface area contributed by atoms with Gasteiger partial charge in [-0.1, -0.05) is 38.1 Å². The highest BCUT2D eigenvalue weighted by Gasteiger charge is 2.13. The van der Waals surface area contributed by atoms with Gasteiger partial charge in [-0.3, -0.25) is 0 Å². The first kappa shape index (κ1) is 14.3. The fourth-order valence-corrected chi connectivity index (χ4v) is 3.04. The van der Waals surface area contributed by atoms with Gasteiger partial charge in [0.1, 0.15) is 5.82 Å². The van der Waals surface area contributed by atoms with Crippen molar-refractivity contribution in [2.45, 2.75) is 45.7 Å².